The molecule has 2 nitrogen and oxygen atoms in total. The molecular weight excluding hydrogens is 194 g/mol. The predicted molar refractivity (Wildman–Crippen MR) is 61.1 cm³/mol. The molecule has 0 fully saturated rings. The van der Waals surface area contributed by atoms with Gasteiger partial charge in [0.05, 0.1) is 7.11 Å². The number of thiophene rings is 1. The van der Waals surface area contributed by atoms with Crippen LogP contribution in [0.5, 0.6) is 5.75 Å². The summed E-state index contributed by atoms with van der Waals surface area (Å²) >= 11 is 1.73. The van der Waals surface area contributed by atoms with E-state index in [1.807, 2.05) is 0 Å². The largest absolute Gasteiger partial charge is 0.496 e. The maximum absolute atomic E-state index is 5.55. The van der Waals surface area contributed by atoms with Crippen LogP contribution in [-0.2, 0) is 6.42 Å². The Hall–Kier alpha value is -1.06. The Balaban J connectivity index is 2.60. The highest BCUT2D eigenvalue weighted by Crippen LogP contribution is 2.33. The van der Waals surface area contributed by atoms with Gasteiger partial charge in [-0.2, -0.15) is 0 Å². The van der Waals surface area contributed by atoms with E-state index < -0.39 is 0 Å². The maximum Gasteiger partial charge on any atom is 0.130 e. The number of rotatable bonds is 3. The summed E-state index contributed by atoms with van der Waals surface area (Å²) in [4.78, 5) is 0. The standard InChI is InChI=1S/C11H13NOS/c1-13-11-8(4-6-12)2-3-10-9(11)5-7-14-10/h2-3,5,7H,4,6,12H2,1H3. The fraction of sp³-hybridized carbons (Fsp3) is 0.273. The van der Waals surface area contributed by atoms with E-state index in [2.05, 4.69) is 23.6 Å². The average Bonchev–Trinajstić information content (AvgIpc) is 2.66. The minimum atomic E-state index is 0.659. The molecule has 1 heterocycles. The van der Waals surface area contributed by atoms with Crippen molar-refractivity contribution in [2.24, 2.45) is 5.73 Å². The third kappa shape index (κ3) is 1.49. The van der Waals surface area contributed by atoms with Crippen molar-refractivity contribution < 1.29 is 4.74 Å². The van der Waals surface area contributed by atoms with Crippen molar-refractivity contribution in [1.29, 1.82) is 0 Å². The topological polar surface area (TPSA) is 35.2 Å². The van der Waals surface area contributed by atoms with Gasteiger partial charge in [-0.15, -0.1) is 11.3 Å². The van der Waals surface area contributed by atoms with Crippen molar-refractivity contribution >= 4 is 21.4 Å². The lowest BCUT2D eigenvalue weighted by molar-refractivity contribution is 0.415. The molecule has 0 aliphatic carbocycles. The smallest absolute Gasteiger partial charge is 0.130 e. The van der Waals surface area contributed by atoms with Gasteiger partial charge in [0.15, 0.2) is 0 Å². The summed E-state index contributed by atoms with van der Waals surface area (Å²) in [7, 11) is 1.71. The van der Waals surface area contributed by atoms with Crippen molar-refractivity contribution in [3.8, 4) is 5.75 Å². The zero-order valence-electron chi connectivity index (χ0n) is 8.12. The Morgan fingerprint density at radius 1 is 1.36 bits per heavy atom. The quantitative estimate of drug-likeness (QED) is 0.838. The van der Waals surface area contributed by atoms with E-state index in [-0.39, 0.29) is 0 Å². The summed E-state index contributed by atoms with van der Waals surface area (Å²) in [5, 5.41) is 3.28. The van der Waals surface area contributed by atoms with E-state index >= 15 is 0 Å². The van der Waals surface area contributed by atoms with E-state index in [9.17, 15) is 0 Å². The van der Waals surface area contributed by atoms with Crippen LogP contribution in [0.3, 0.4) is 0 Å². The first-order chi connectivity index (χ1) is 6.86. The summed E-state index contributed by atoms with van der Waals surface area (Å²) in [5.41, 5.74) is 6.75. The number of hydrogen-bond donors (Lipinski definition) is 1. The lowest BCUT2D eigenvalue weighted by atomic mass is 10.1. The molecule has 0 saturated carbocycles. The van der Waals surface area contributed by atoms with Gasteiger partial charge in [0.2, 0.25) is 0 Å². The van der Waals surface area contributed by atoms with Gasteiger partial charge in [0, 0.05) is 10.1 Å². The van der Waals surface area contributed by atoms with Gasteiger partial charge in [-0.1, -0.05) is 6.07 Å². The average molecular weight is 207 g/mol. The highest BCUT2D eigenvalue weighted by molar-refractivity contribution is 7.17. The number of benzene rings is 1. The Morgan fingerprint density at radius 3 is 2.93 bits per heavy atom. The third-order valence-corrected chi connectivity index (χ3v) is 3.17. The number of ether oxygens (including phenoxy) is 1. The molecule has 0 aliphatic rings. The van der Waals surface area contributed by atoms with E-state index in [1.165, 1.54) is 15.6 Å². The molecule has 74 valence electrons. The van der Waals surface area contributed by atoms with Crippen LogP contribution in [0.4, 0.5) is 0 Å². The lowest BCUT2D eigenvalue weighted by Crippen LogP contribution is -2.04. The van der Waals surface area contributed by atoms with Crippen LogP contribution in [0.2, 0.25) is 0 Å². The van der Waals surface area contributed by atoms with Gasteiger partial charge in [0.1, 0.15) is 5.75 Å². The second-order valence-electron chi connectivity index (χ2n) is 3.13. The van der Waals surface area contributed by atoms with Crippen LogP contribution in [0.1, 0.15) is 5.56 Å². The molecule has 0 atom stereocenters. The summed E-state index contributed by atoms with van der Waals surface area (Å²) < 4.78 is 6.69. The monoisotopic (exact) mass is 207 g/mol. The molecule has 3 heteroatoms. The van der Waals surface area contributed by atoms with Crippen LogP contribution in [0, 0.1) is 0 Å². The fourth-order valence-electron chi connectivity index (χ4n) is 1.66. The molecule has 0 saturated heterocycles. The summed E-state index contributed by atoms with van der Waals surface area (Å²) in [6, 6.07) is 6.33. The Kier molecular flexibility index (Phi) is 2.70. The Labute approximate surface area is 87.3 Å². The molecule has 1 aromatic carbocycles. The molecule has 2 N–H and O–H groups in total. The first-order valence-electron chi connectivity index (χ1n) is 4.60. The van der Waals surface area contributed by atoms with Crippen molar-refractivity contribution in [2.45, 2.75) is 6.42 Å². The predicted octanol–water partition coefficient (Wildman–Crippen LogP) is 2.41. The SMILES string of the molecule is COc1c(CCN)ccc2sccc12. The molecule has 0 radical (unpaired) electrons. The van der Waals surface area contributed by atoms with Crippen LogP contribution in [-0.4, -0.2) is 13.7 Å². The van der Waals surface area contributed by atoms with Crippen LogP contribution in [0.15, 0.2) is 23.6 Å². The second kappa shape index (κ2) is 3.98. The van der Waals surface area contributed by atoms with E-state index in [0.29, 0.717) is 6.54 Å². The molecule has 0 spiro atoms. The highest BCUT2D eigenvalue weighted by Gasteiger charge is 2.07. The van der Waals surface area contributed by atoms with Crippen molar-refractivity contribution in [2.75, 3.05) is 13.7 Å². The highest BCUT2D eigenvalue weighted by atomic mass is 32.1. The molecule has 1 aromatic heterocycles. The van der Waals surface area contributed by atoms with Crippen LogP contribution < -0.4 is 10.5 Å². The first-order valence-corrected chi connectivity index (χ1v) is 5.48. The number of methoxy groups -OCH3 is 1. The molecule has 0 bridgehead atoms. The Bertz CT molecular complexity index is 436. The summed E-state index contributed by atoms with van der Waals surface area (Å²) in [6.45, 7) is 0.659. The Morgan fingerprint density at radius 2 is 2.21 bits per heavy atom. The fourth-order valence-corrected chi connectivity index (χ4v) is 2.44. The van der Waals surface area contributed by atoms with E-state index in [4.69, 9.17) is 10.5 Å². The number of hydrogen-bond acceptors (Lipinski definition) is 3. The van der Waals surface area contributed by atoms with Crippen LogP contribution >= 0.6 is 11.3 Å². The second-order valence-corrected chi connectivity index (χ2v) is 4.08. The number of nitrogens with two attached hydrogens (primary N) is 1. The third-order valence-electron chi connectivity index (χ3n) is 2.29. The van der Waals surface area contributed by atoms with Gasteiger partial charge < -0.3 is 10.5 Å². The summed E-state index contributed by atoms with van der Waals surface area (Å²) in [5.74, 6) is 0.981. The zero-order chi connectivity index (χ0) is 9.97. The maximum atomic E-state index is 5.55. The lowest BCUT2D eigenvalue weighted by Gasteiger charge is -2.08. The molecule has 14 heavy (non-hydrogen) atoms. The first kappa shape index (κ1) is 9.49. The van der Waals surface area contributed by atoms with Crippen molar-refractivity contribution in [1.82, 2.24) is 0 Å². The molecule has 2 aromatic rings. The zero-order valence-corrected chi connectivity index (χ0v) is 8.93. The summed E-state index contributed by atoms with van der Waals surface area (Å²) in [6.07, 6.45) is 0.870. The van der Waals surface area contributed by atoms with E-state index in [0.717, 1.165) is 12.2 Å². The van der Waals surface area contributed by atoms with Crippen LogP contribution in [0.25, 0.3) is 10.1 Å². The van der Waals surface area contributed by atoms with Crippen molar-refractivity contribution in [3.05, 3.63) is 29.1 Å². The van der Waals surface area contributed by atoms with E-state index in [1.54, 1.807) is 18.4 Å². The van der Waals surface area contributed by atoms with Gasteiger partial charge in [0.25, 0.3) is 0 Å². The molecule has 0 unspecified atom stereocenters. The normalized spacial score (nSPS) is 10.7. The molecular formula is C11H13NOS. The minimum Gasteiger partial charge on any atom is -0.496 e. The molecule has 0 aliphatic heterocycles. The van der Waals surface area contributed by atoms with Gasteiger partial charge in [-0.25, -0.2) is 0 Å². The minimum absolute atomic E-state index is 0.659. The van der Waals surface area contributed by atoms with Gasteiger partial charge >= 0.3 is 0 Å². The van der Waals surface area contributed by atoms with Gasteiger partial charge in [-0.3, -0.25) is 0 Å². The molecule has 2 rings (SSSR count). The molecule has 0 amide bonds. The van der Waals surface area contributed by atoms with Crippen molar-refractivity contribution in [3.63, 3.8) is 0 Å². The number of fused-ring (bicyclic) bond motifs is 1. The van der Waals surface area contributed by atoms with Gasteiger partial charge in [-0.05, 0) is 36.0 Å².